The van der Waals surface area contributed by atoms with E-state index in [9.17, 15) is 4.79 Å². The summed E-state index contributed by atoms with van der Waals surface area (Å²) in [6, 6.07) is 19.2. The van der Waals surface area contributed by atoms with Gasteiger partial charge in [0.05, 0.1) is 6.61 Å². The van der Waals surface area contributed by atoms with E-state index in [-0.39, 0.29) is 12.5 Å². The van der Waals surface area contributed by atoms with Crippen LogP contribution < -0.4 is 14.4 Å². The van der Waals surface area contributed by atoms with E-state index in [4.69, 9.17) is 14.5 Å². The molecule has 7 nitrogen and oxygen atoms in total. The average molecular weight is 418 g/mol. The van der Waals surface area contributed by atoms with Crippen LogP contribution in [0.15, 0.2) is 66.9 Å². The molecule has 0 spiro atoms. The van der Waals surface area contributed by atoms with Crippen LogP contribution in [0.4, 0.5) is 5.82 Å². The zero-order valence-electron chi connectivity index (χ0n) is 17.6. The summed E-state index contributed by atoms with van der Waals surface area (Å²) in [5, 5.41) is 0. The van der Waals surface area contributed by atoms with Crippen LogP contribution in [0, 0.1) is 0 Å². The van der Waals surface area contributed by atoms with Crippen LogP contribution in [0.1, 0.15) is 6.92 Å². The Hall–Kier alpha value is -3.61. The lowest BCUT2D eigenvalue weighted by molar-refractivity contribution is -0.133. The lowest BCUT2D eigenvalue weighted by atomic mass is 10.2. The number of anilines is 1. The van der Waals surface area contributed by atoms with Gasteiger partial charge in [-0.15, -0.1) is 0 Å². The minimum absolute atomic E-state index is 0.00422. The zero-order valence-corrected chi connectivity index (χ0v) is 17.6. The maximum atomic E-state index is 12.6. The van der Waals surface area contributed by atoms with Crippen molar-refractivity contribution in [1.82, 2.24) is 14.9 Å². The summed E-state index contributed by atoms with van der Waals surface area (Å²) in [5.41, 5.74) is 0.989. The molecule has 31 heavy (non-hydrogen) atoms. The predicted molar refractivity (Wildman–Crippen MR) is 119 cm³/mol. The molecule has 0 unspecified atom stereocenters. The number of hydrogen-bond acceptors (Lipinski definition) is 6. The van der Waals surface area contributed by atoms with E-state index in [2.05, 4.69) is 9.88 Å². The predicted octanol–water partition coefficient (Wildman–Crippen LogP) is 3.27. The second-order valence-electron chi connectivity index (χ2n) is 7.14. The van der Waals surface area contributed by atoms with Gasteiger partial charge in [-0.1, -0.05) is 42.5 Å². The van der Waals surface area contributed by atoms with E-state index in [1.165, 1.54) is 0 Å². The number of nitrogens with zero attached hydrogens (tertiary/aromatic N) is 4. The van der Waals surface area contributed by atoms with Crippen LogP contribution in [0.3, 0.4) is 0 Å². The normalized spacial score (nSPS) is 13.7. The van der Waals surface area contributed by atoms with Gasteiger partial charge in [-0.05, 0) is 25.1 Å². The van der Waals surface area contributed by atoms with Crippen LogP contribution in [-0.4, -0.2) is 60.2 Å². The van der Waals surface area contributed by atoms with Crippen molar-refractivity contribution in [3.8, 4) is 22.9 Å². The second-order valence-corrected chi connectivity index (χ2v) is 7.14. The maximum absolute atomic E-state index is 12.6. The molecule has 4 rings (SSSR count). The SMILES string of the molecule is CCOc1ccccc1OCC(=O)N1CCN(c2ccnc(-c3ccccc3)n2)CC1. The van der Waals surface area contributed by atoms with E-state index in [0.717, 1.165) is 11.4 Å². The quantitative estimate of drug-likeness (QED) is 0.587. The van der Waals surface area contributed by atoms with Crippen molar-refractivity contribution < 1.29 is 14.3 Å². The van der Waals surface area contributed by atoms with Gasteiger partial charge in [-0.2, -0.15) is 0 Å². The van der Waals surface area contributed by atoms with Crippen molar-refractivity contribution in [3.05, 3.63) is 66.9 Å². The first kappa shape index (κ1) is 20.7. The zero-order chi connectivity index (χ0) is 21.5. The molecular weight excluding hydrogens is 392 g/mol. The minimum atomic E-state index is -0.0291. The molecule has 1 fully saturated rings. The number of benzene rings is 2. The molecular formula is C24H26N4O3. The van der Waals surface area contributed by atoms with Crippen LogP contribution in [-0.2, 0) is 4.79 Å². The molecule has 3 aromatic rings. The maximum Gasteiger partial charge on any atom is 0.260 e. The van der Waals surface area contributed by atoms with Crippen LogP contribution in [0.2, 0.25) is 0 Å². The van der Waals surface area contributed by atoms with Crippen LogP contribution in [0.25, 0.3) is 11.4 Å². The van der Waals surface area contributed by atoms with Crippen molar-refractivity contribution in [3.63, 3.8) is 0 Å². The third-order valence-electron chi connectivity index (χ3n) is 5.13. The van der Waals surface area contributed by atoms with E-state index in [0.29, 0.717) is 50.1 Å². The Bertz CT molecular complexity index is 1000. The lowest BCUT2D eigenvalue weighted by Gasteiger charge is -2.35. The largest absolute Gasteiger partial charge is 0.490 e. The molecule has 1 amide bonds. The highest BCUT2D eigenvalue weighted by atomic mass is 16.5. The number of amides is 1. The van der Waals surface area contributed by atoms with E-state index >= 15 is 0 Å². The first-order chi connectivity index (χ1) is 15.2. The molecule has 0 N–H and O–H groups in total. The highest BCUT2D eigenvalue weighted by Crippen LogP contribution is 2.26. The molecule has 0 atom stereocenters. The van der Waals surface area contributed by atoms with Crippen molar-refractivity contribution in [2.75, 3.05) is 44.3 Å². The molecule has 160 valence electrons. The van der Waals surface area contributed by atoms with Crippen LogP contribution >= 0.6 is 0 Å². The van der Waals surface area contributed by atoms with Gasteiger partial charge < -0.3 is 19.3 Å². The number of piperazine rings is 1. The summed E-state index contributed by atoms with van der Waals surface area (Å²) >= 11 is 0. The molecule has 2 aromatic carbocycles. The highest BCUT2D eigenvalue weighted by molar-refractivity contribution is 5.78. The van der Waals surface area contributed by atoms with Gasteiger partial charge in [0, 0.05) is 37.9 Å². The summed E-state index contributed by atoms with van der Waals surface area (Å²) in [7, 11) is 0. The van der Waals surface area contributed by atoms with Gasteiger partial charge >= 0.3 is 0 Å². The summed E-state index contributed by atoms with van der Waals surface area (Å²) in [5.74, 6) is 2.80. The van der Waals surface area contributed by atoms with Crippen molar-refractivity contribution in [2.45, 2.75) is 6.92 Å². The molecule has 7 heteroatoms. The fraction of sp³-hybridized carbons (Fsp3) is 0.292. The van der Waals surface area contributed by atoms with E-state index in [1.807, 2.05) is 72.5 Å². The van der Waals surface area contributed by atoms with Crippen LogP contribution in [0.5, 0.6) is 11.5 Å². The fourth-order valence-corrected chi connectivity index (χ4v) is 3.51. The summed E-state index contributed by atoms with van der Waals surface area (Å²) in [4.78, 5) is 25.8. The molecule has 1 aromatic heterocycles. The third-order valence-corrected chi connectivity index (χ3v) is 5.13. The van der Waals surface area contributed by atoms with Crippen molar-refractivity contribution >= 4 is 11.7 Å². The molecule has 1 aliphatic heterocycles. The topological polar surface area (TPSA) is 67.8 Å². The molecule has 0 radical (unpaired) electrons. The Morgan fingerprint density at radius 1 is 0.903 bits per heavy atom. The minimum Gasteiger partial charge on any atom is -0.490 e. The molecule has 0 aliphatic carbocycles. The van der Waals surface area contributed by atoms with Crippen molar-refractivity contribution in [1.29, 1.82) is 0 Å². The first-order valence-electron chi connectivity index (χ1n) is 10.5. The Labute approximate surface area is 182 Å². The Morgan fingerprint density at radius 2 is 1.58 bits per heavy atom. The standard InChI is InChI=1S/C24H26N4O3/c1-2-30-20-10-6-7-11-21(20)31-18-23(29)28-16-14-27(15-17-28)22-12-13-25-24(26-22)19-8-4-3-5-9-19/h3-13H,2,14-18H2,1H3. The van der Waals surface area contributed by atoms with Gasteiger partial charge in [0.2, 0.25) is 0 Å². The van der Waals surface area contributed by atoms with Gasteiger partial charge in [0.1, 0.15) is 5.82 Å². The average Bonchev–Trinajstić information content (AvgIpc) is 2.84. The number of aromatic nitrogens is 2. The van der Waals surface area contributed by atoms with Gasteiger partial charge in [-0.3, -0.25) is 4.79 Å². The van der Waals surface area contributed by atoms with E-state index < -0.39 is 0 Å². The second kappa shape index (κ2) is 9.93. The molecule has 2 heterocycles. The highest BCUT2D eigenvalue weighted by Gasteiger charge is 2.23. The summed E-state index contributed by atoms with van der Waals surface area (Å²) in [6.45, 7) is 5.14. The summed E-state index contributed by atoms with van der Waals surface area (Å²) in [6.07, 6.45) is 1.78. The smallest absolute Gasteiger partial charge is 0.260 e. The Morgan fingerprint density at radius 3 is 2.29 bits per heavy atom. The third kappa shape index (κ3) is 5.12. The van der Waals surface area contributed by atoms with Crippen molar-refractivity contribution in [2.24, 2.45) is 0 Å². The molecule has 0 bridgehead atoms. The molecule has 0 saturated carbocycles. The Kier molecular flexibility index (Phi) is 6.62. The number of rotatable bonds is 7. The van der Waals surface area contributed by atoms with Gasteiger partial charge in [0.25, 0.3) is 5.91 Å². The first-order valence-corrected chi connectivity index (χ1v) is 10.5. The lowest BCUT2D eigenvalue weighted by Crippen LogP contribution is -2.50. The van der Waals surface area contributed by atoms with Gasteiger partial charge in [-0.25, -0.2) is 9.97 Å². The monoisotopic (exact) mass is 418 g/mol. The number of para-hydroxylation sites is 2. The fourth-order valence-electron chi connectivity index (χ4n) is 3.51. The van der Waals surface area contributed by atoms with Gasteiger partial charge in [0.15, 0.2) is 23.9 Å². The number of carbonyl (C=O) groups excluding carboxylic acids is 1. The number of ether oxygens (including phenoxy) is 2. The number of hydrogen-bond donors (Lipinski definition) is 0. The Balaban J connectivity index is 1.32. The number of carbonyl (C=O) groups is 1. The summed E-state index contributed by atoms with van der Waals surface area (Å²) < 4.78 is 11.3. The molecule has 1 aliphatic rings. The van der Waals surface area contributed by atoms with E-state index in [1.54, 1.807) is 6.20 Å². The molecule has 1 saturated heterocycles.